The molecule has 0 aromatic heterocycles. The van der Waals surface area contributed by atoms with Crippen LogP contribution in [0.2, 0.25) is 0 Å². The molecule has 0 saturated carbocycles. The molecular formula is C13H18N2OS. The Labute approximate surface area is 105 Å². The van der Waals surface area contributed by atoms with Crippen molar-refractivity contribution in [3.05, 3.63) is 35.4 Å². The number of rotatable bonds is 6. The lowest BCUT2D eigenvalue weighted by Gasteiger charge is -2.13. The molecule has 0 aliphatic rings. The minimum absolute atomic E-state index is 0.311. The van der Waals surface area contributed by atoms with Crippen LogP contribution in [0.5, 0.6) is 0 Å². The fourth-order valence-electron chi connectivity index (χ4n) is 1.51. The average molecular weight is 250 g/mol. The van der Waals surface area contributed by atoms with Crippen molar-refractivity contribution in [1.82, 2.24) is 5.32 Å². The highest BCUT2D eigenvalue weighted by Gasteiger charge is 2.05. The van der Waals surface area contributed by atoms with E-state index < -0.39 is 10.8 Å². The normalized spacial score (nSPS) is 13.9. The zero-order valence-corrected chi connectivity index (χ0v) is 11.1. The van der Waals surface area contributed by atoms with Gasteiger partial charge in [0.15, 0.2) is 0 Å². The molecule has 1 aromatic rings. The Morgan fingerprint density at radius 1 is 1.47 bits per heavy atom. The van der Waals surface area contributed by atoms with Gasteiger partial charge < -0.3 is 5.32 Å². The lowest BCUT2D eigenvalue weighted by atomic mass is 10.1. The van der Waals surface area contributed by atoms with Crippen LogP contribution < -0.4 is 5.32 Å². The molecule has 0 aliphatic carbocycles. The van der Waals surface area contributed by atoms with Crippen LogP contribution in [0, 0.1) is 11.3 Å². The summed E-state index contributed by atoms with van der Waals surface area (Å²) in [5.74, 6) is 0.716. The monoisotopic (exact) mass is 250 g/mol. The predicted octanol–water partition coefficient (Wildman–Crippen LogP) is 1.80. The molecule has 2 atom stereocenters. The van der Waals surface area contributed by atoms with Gasteiger partial charge in [0.25, 0.3) is 0 Å². The molecule has 1 N–H and O–H groups in total. The highest BCUT2D eigenvalue weighted by Crippen LogP contribution is 2.07. The van der Waals surface area contributed by atoms with Crippen molar-refractivity contribution in [3.8, 4) is 6.07 Å². The van der Waals surface area contributed by atoms with Crippen molar-refractivity contribution >= 4 is 10.8 Å². The van der Waals surface area contributed by atoms with E-state index in [2.05, 4.69) is 18.3 Å². The summed E-state index contributed by atoms with van der Waals surface area (Å²) in [6.07, 6.45) is 2.61. The van der Waals surface area contributed by atoms with Crippen molar-refractivity contribution in [2.45, 2.75) is 25.9 Å². The zero-order chi connectivity index (χ0) is 12.7. The fourth-order valence-corrected chi connectivity index (χ4v) is 2.20. The van der Waals surface area contributed by atoms with Crippen LogP contribution in [0.1, 0.15) is 24.5 Å². The number of nitrogens with one attached hydrogen (secondary N) is 1. The number of benzene rings is 1. The number of nitriles is 1. The zero-order valence-electron chi connectivity index (χ0n) is 10.3. The number of hydrogen-bond donors (Lipinski definition) is 1. The summed E-state index contributed by atoms with van der Waals surface area (Å²) in [5, 5.41) is 12.3. The second kappa shape index (κ2) is 7.21. The van der Waals surface area contributed by atoms with E-state index in [0.29, 0.717) is 23.9 Å². The molecule has 0 saturated heterocycles. The molecule has 0 aliphatic heterocycles. The summed E-state index contributed by atoms with van der Waals surface area (Å²) in [6.45, 7) is 2.75. The Balaban J connectivity index is 2.45. The van der Waals surface area contributed by atoms with Gasteiger partial charge >= 0.3 is 0 Å². The van der Waals surface area contributed by atoms with E-state index in [1.165, 1.54) is 0 Å². The van der Waals surface area contributed by atoms with Gasteiger partial charge in [-0.05, 0) is 25.0 Å². The van der Waals surface area contributed by atoms with Gasteiger partial charge in [-0.15, -0.1) is 0 Å². The van der Waals surface area contributed by atoms with Crippen molar-refractivity contribution < 1.29 is 4.21 Å². The van der Waals surface area contributed by atoms with E-state index in [9.17, 15) is 4.21 Å². The molecule has 2 unspecified atom stereocenters. The first-order chi connectivity index (χ1) is 8.13. The molecule has 0 fully saturated rings. The van der Waals surface area contributed by atoms with Gasteiger partial charge in [-0.25, -0.2) is 0 Å². The first kappa shape index (κ1) is 13.9. The molecule has 0 amide bonds. The van der Waals surface area contributed by atoms with Crippen molar-refractivity contribution in [1.29, 1.82) is 5.26 Å². The van der Waals surface area contributed by atoms with Gasteiger partial charge in [-0.3, -0.25) is 4.21 Å². The molecule has 3 nitrogen and oxygen atoms in total. The SMILES string of the molecule is CC(CCS(C)=O)NCc1ccccc1C#N. The summed E-state index contributed by atoms with van der Waals surface area (Å²) in [6, 6.07) is 10.1. The summed E-state index contributed by atoms with van der Waals surface area (Å²) < 4.78 is 11.0. The Bertz CT molecular complexity index is 426. The molecule has 1 aromatic carbocycles. The second-order valence-electron chi connectivity index (χ2n) is 4.12. The molecule has 0 bridgehead atoms. The Hall–Kier alpha value is -1.18. The molecule has 4 heteroatoms. The summed E-state index contributed by atoms with van der Waals surface area (Å²) in [5.41, 5.74) is 1.73. The molecule has 0 spiro atoms. The minimum Gasteiger partial charge on any atom is -0.310 e. The maximum atomic E-state index is 11.0. The van der Waals surface area contributed by atoms with Crippen LogP contribution in [0.3, 0.4) is 0 Å². The van der Waals surface area contributed by atoms with Crippen LogP contribution in [0.4, 0.5) is 0 Å². The van der Waals surface area contributed by atoms with Crippen molar-refractivity contribution in [2.24, 2.45) is 0 Å². The molecule has 92 valence electrons. The number of hydrogen-bond acceptors (Lipinski definition) is 3. The minimum atomic E-state index is -0.733. The van der Waals surface area contributed by atoms with E-state index in [-0.39, 0.29) is 0 Å². The van der Waals surface area contributed by atoms with Gasteiger partial charge in [-0.2, -0.15) is 5.26 Å². The highest BCUT2D eigenvalue weighted by molar-refractivity contribution is 7.84. The largest absolute Gasteiger partial charge is 0.310 e. The van der Waals surface area contributed by atoms with Crippen LogP contribution in [-0.2, 0) is 17.3 Å². The molecule has 0 heterocycles. The van der Waals surface area contributed by atoms with Crippen LogP contribution in [-0.4, -0.2) is 22.3 Å². The Morgan fingerprint density at radius 2 is 2.18 bits per heavy atom. The summed E-state index contributed by atoms with van der Waals surface area (Å²) in [4.78, 5) is 0. The van der Waals surface area contributed by atoms with Gasteiger partial charge in [-0.1, -0.05) is 18.2 Å². The maximum absolute atomic E-state index is 11.0. The smallest absolute Gasteiger partial charge is 0.0995 e. The Kier molecular flexibility index (Phi) is 5.88. The lowest BCUT2D eigenvalue weighted by Crippen LogP contribution is -2.27. The van der Waals surface area contributed by atoms with Crippen molar-refractivity contribution in [3.63, 3.8) is 0 Å². The van der Waals surface area contributed by atoms with E-state index in [0.717, 1.165) is 12.0 Å². The fraction of sp³-hybridized carbons (Fsp3) is 0.462. The highest BCUT2D eigenvalue weighted by atomic mass is 32.2. The third-order valence-electron chi connectivity index (χ3n) is 2.62. The molecule has 1 rings (SSSR count). The standard InChI is InChI=1S/C13H18N2OS/c1-11(7-8-17(2)16)15-10-13-6-4-3-5-12(13)9-14/h3-6,11,15H,7-8,10H2,1-2H3. The van der Waals surface area contributed by atoms with Gasteiger partial charge in [0.05, 0.1) is 11.6 Å². The van der Waals surface area contributed by atoms with Crippen molar-refractivity contribution in [2.75, 3.05) is 12.0 Å². The molecular weight excluding hydrogens is 232 g/mol. The first-order valence-corrected chi connectivity index (χ1v) is 7.37. The van der Waals surface area contributed by atoms with Crippen LogP contribution in [0.15, 0.2) is 24.3 Å². The average Bonchev–Trinajstić information content (AvgIpc) is 2.34. The quantitative estimate of drug-likeness (QED) is 0.837. The van der Waals surface area contributed by atoms with Gasteiger partial charge in [0.2, 0.25) is 0 Å². The third kappa shape index (κ3) is 5.12. The Morgan fingerprint density at radius 3 is 2.82 bits per heavy atom. The summed E-state index contributed by atoms with van der Waals surface area (Å²) in [7, 11) is -0.733. The summed E-state index contributed by atoms with van der Waals surface area (Å²) >= 11 is 0. The topological polar surface area (TPSA) is 52.9 Å². The molecule has 0 radical (unpaired) electrons. The third-order valence-corrected chi connectivity index (χ3v) is 3.43. The molecule has 17 heavy (non-hydrogen) atoms. The van der Waals surface area contributed by atoms with Crippen LogP contribution >= 0.6 is 0 Å². The van der Waals surface area contributed by atoms with E-state index in [4.69, 9.17) is 5.26 Å². The van der Waals surface area contributed by atoms with Gasteiger partial charge in [0.1, 0.15) is 0 Å². The van der Waals surface area contributed by atoms with E-state index >= 15 is 0 Å². The van der Waals surface area contributed by atoms with Crippen LogP contribution in [0.25, 0.3) is 0 Å². The maximum Gasteiger partial charge on any atom is 0.0995 e. The lowest BCUT2D eigenvalue weighted by molar-refractivity contribution is 0.534. The van der Waals surface area contributed by atoms with E-state index in [1.807, 2.05) is 24.3 Å². The second-order valence-corrected chi connectivity index (χ2v) is 5.67. The van der Waals surface area contributed by atoms with E-state index in [1.54, 1.807) is 6.26 Å². The number of nitrogens with zero attached hydrogens (tertiary/aromatic N) is 1. The predicted molar refractivity (Wildman–Crippen MR) is 71.0 cm³/mol. The van der Waals surface area contributed by atoms with Gasteiger partial charge in [0, 0.05) is 35.4 Å². The first-order valence-electron chi connectivity index (χ1n) is 5.65.